The fraction of sp³-hybridized carbons (Fsp3) is 0.429. The van der Waals surface area contributed by atoms with Crippen molar-refractivity contribution in [2.45, 2.75) is 32.9 Å². The number of nitrogens with zero attached hydrogens (tertiary/aromatic N) is 3. The van der Waals surface area contributed by atoms with Crippen LogP contribution in [0.5, 0.6) is 0 Å². The van der Waals surface area contributed by atoms with Gasteiger partial charge in [0, 0.05) is 38.6 Å². The summed E-state index contributed by atoms with van der Waals surface area (Å²) in [5.74, 6) is -0.768. The van der Waals surface area contributed by atoms with Gasteiger partial charge in [-0.2, -0.15) is 0 Å². The highest BCUT2D eigenvalue weighted by atomic mass is 16.4. The maximum atomic E-state index is 12.0. The molecule has 26 heavy (non-hydrogen) atoms. The second-order valence-corrected chi connectivity index (χ2v) is 7.11. The molecule has 3 rings (SSSR count). The first-order valence-corrected chi connectivity index (χ1v) is 9.20. The molecule has 1 aliphatic heterocycles. The monoisotopic (exact) mass is 353 g/mol. The van der Waals surface area contributed by atoms with E-state index in [-0.39, 0.29) is 0 Å². The van der Waals surface area contributed by atoms with E-state index in [1.54, 1.807) is 0 Å². The maximum absolute atomic E-state index is 12.0. The number of benzene rings is 1. The molecule has 0 saturated carbocycles. The van der Waals surface area contributed by atoms with Crippen LogP contribution in [0.4, 0.5) is 0 Å². The van der Waals surface area contributed by atoms with Gasteiger partial charge >= 0.3 is 5.97 Å². The smallest absolute Gasteiger partial charge is 0.325 e. The SMILES string of the molecule is Cc1ccc([C@H](C(=O)O)N2CCCN(Cc3ccncc3)CC2)cc1C. The fourth-order valence-electron chi connectivity index (χ4n) is 3.60. The summed E-state index contributed by atoms with van der Waals surface area (Å²) >= 11 is 0. The summed E-state index contributed by atoms with van der Waals surface area (Å²) < 4.78 is 0. The van der Waals surface area contributed by atoms with E-state index in [9.17, 15) is 9.90 Å². The molecule has 0 unspecified atom stereocenters. The number of pyridine rings is 1. The number of hydrogen-bond donors (Lipinski definition) is 1. The number of aryl methyl sites for hydroxylation is 2. The van der Waals surface area contributed by atoms with E-state index < -0.39 is 12.0 Å². The Balaban J connectivity index is 1.71. The Morgan fingerprint density at radius 3 is 2.54 bits per heavy atom. The van der Waals surface area contributed by atoms with Gasteiger partial charge in [0.2, 0.25) is 0 Å². The number of carboxylic acids is 1. The van der Waals surface area contributed by atoms with Gasteiger partial charge in [0.1, 0.15) is 6.04 Å². The third-order valence-electron chi connectivity index (χ3n) is 5.22. The molecule has 138 valence electrons. The molecule has 1 fully saturated rings. The maximum Gasteiger partial charge on any atom is 0.325 e. The van der Waals surface area contributed by atoms with Crippen LogP contribution in [0.25, 0.3) is 0 Å². The molecular formula is C21H27N3O2. The van der Waals surface area contributed by atoms with Gasteiger partial charge < -0.3 is 5.11 Å². The van der Waals surface area contributed by atoms with E-state index in [1.165, 1.54) is 11.1 Å². The van der Waals surface area contributed by atoms with Crippen molar-refractivity contribution < 1.29 is 9.90 Å². The molecule has 1 aromatic carbocycles. The van der Waals surface area contributed by atoms with Gasteiger partial charge in [-0.25, -0.2) is 0 Å². The summed E-state index contributed by atoms with van der Waals surface area (Å²) in [6.07, 6.45) is 4.61. The fourth-order valence-corrected chi connectivity index (χ4v) is 3.60. The molecule has 1 saturated heterocycles. The first-order chi connectivity index (χ1) is 12.5. The van der Waals surface area contributed by atoms with Gasteiger partial charge in [-0.1, -0.05) is 18.2 Å². The van der Waals surface area contributed by atoms with E-state index in [4.69, 9.17) is 0 Å². The Hall–Kier alpha value is -2.24. The lowest BCUT2D eigenvalue weighted by Gasteiger charge is -2.28. The van der Waals surface area contributed by atoms with Crippen LogP contribution in [0.1, 0.15) is 34.7 Å². The summed E-state index contributed by atoms with van der Waals surface area (Å²) in [5, 5.41) is 9.87. The molecule has 0 radical (unpaired) electrons. The van der Waals surface area contributed by atoms with Gasteiger partial charge in [0.25, 0.3) is 0 Å². The number of rotatable bonds is 5. The van der Waals surface area contributed by atoms with E-state index in [1.807, 2.05) is 49.6 Å². The molecular weight excluding hydrogens is 326 g/mol. The third-order valence-corrected chi connectivity index (χ3v) is 5.22. The lowest BCUT2D eigenvalue weighted by Crippen LogP contribution is -2.37. The molecule has 2 aromatic rings. The number of aromatic nitrogens is 1. The van der Waals surface area contributed by atoms with Gasteiger partial charge in [-0.15, -0.1) is 0 Å². The zero-order valence-electron chi connectivity index (χ0n) is 15.6. The van der Waals surface area contributed by atoms with E-state index in [0.717, 1.165) is 50.3 Å². The molecule has 1 aromatic heterocycles. The van der Waals surface area contributed by atoms with Gasteiger partial charge in [0.05, 0.1) is 0 Å². The predicted molar refractivity (Wildman–Crippen MR) is 102 cm³/mol. The van der Waals surface area contributed by atoms with Gasteiger partial charge in [0.15, 0.2) is 0 Å². The first-order valence-electron chi connectivity index (χ1n) is 9.20. The molecule has 1 aliphatic rings. The molecule has 0 spiro atoms. The van der Waals surface area contributed by atoms with Crippen molar-refractivity contribution in [1.29, 1.82) is 0 Å². The second-order valence-electron chi connectivity index (χ2n) is 7.11. The average molecular weight is 353 g/mol. The Labute approximate surface area is 155 Å². The van der Waals surface area contributed by atoms with Crippen LogP contribution in [0.2, 0.25) is 0 Å². The van der Waals surface area contributed by atoms with E-state index in [2.05, 4.69) is 21.7 Å². The highest BCUT2D eigenvalue weighted by Crippen LogP contribution is 2.25. The number of hydrogen-bond acceptors (Lipinski definition) is 4. The van der Waals surface area contributed by atoms with Crippen LogP contribution in [-0.4, -0.2) is 52.0 Å². The van der Waals surface area contributed by atoms with Crippen LogP contribution in [0.3, 0.4) is 0 Å². The van der Waals surface area contributed by atoms with Crippen molar-refractivity contribution >= 4 is 5.97 Å². The van der Waals surface area contributed by atoms with Crippen molar-refractivity contribution in [1.82, 2.24) is 14.8 Å². The number of carboxylic acid groups (broad SMARTS) is 1. The Morgan fingerprint density at radius 1 is 1.08 bits per heavy atom. The summed E-state index contributed by atoms with van der Waals surface area (Å²) in [6, 6.07) is 9.51. The Morgan fingerprint density at radius 2 is 1.85 bits per heavy atom. The summed E-state index contributed by atoms with van der Waals surface area (Å²) in [4.78, 5) is 20.6. The van der Waals surface area contributed by atoms with Crippen molar-refractivity contribution in [3.8, 4) is 0 Å². The van der Waals surface area contributed by atoms with Gasteiger partial charge in [-0.3, -0.25) is 19.6 Å². The van der Waals surface area contributed by atoms with Crippen molar-refractivity contribution in [2.24, 2.45) is 0 Å². The third kappa shape index (κ3) is 4.48. The molecule has 1 atom stereocenters. The highest BCUT2D eigenvalue weighted by molar-refractivity contribution is 5.75. The van der Waals surface area contributed by atoms with Crippen molar-refractivity contribution in [3.63, 3.8) is 0 Å². The average Bonchev–Trinajstić information content (AvgIpc) is 2.85. The lowest BCUT2D eigenvalue weighted by atomic mass is 10.00. The second kappa shape index (κ2) is 8.43. The van der Waals surface area contributed by atoms with Crippen LogP contribution < -0.4 is 0 Å². The molecule has 5 heteroatoms. The van der Waals surface area contributed by atoms with Crippen LogP contribution >= 0.6 is 0 Å². The molecule has 2 heterocycles. The van der Waals surface area contributed by atoms with Crippen LogP contribution in [0.15, 0.2) is 42.7 Å². The van der Waals surface area contributed by atoms with Crippen LogP contribution in [-0.2, 0) is 11.3 Å². The Kier molecular flexibility index (Phi) is 6.01. The van der Waals surface area contributed by atoms with Crippen molar-refractivity contribution in [2.75, 3.05) is 26.2 Å². The highest BCUT2D eigenvalue weighted by Gasteiger charge is 2.29. The quantitative estimate of drug-likeness (QED) is 0.895. The minimum Gasteiger partial charge on any atom is -0.480 e. The topological polar surface area (TPSA) is 56.7 Å². The zero-order chi connectivity index (χ0) is 18.5. The lowest BCUT2D eigenvalue weighted by molar-refractivity contribution is -0.143. The van der Waals surface area contributed by atoms with Crippen LogP contribution in [0, 0.1) is 13.8 Å². The summed E-state index contributed by atoms with van der Waals surface area (Å²) in [7, 11) is 0. The number of carbonyl (C=O) groups is 1. The largest absolute Gasteiger partial charge is 0.480 e. The zero-order valence-corrected chi connectivity index (χ0v) is 15.6. The minimum atomic E-state index is -0.768. The first kappa shape index (κ1) is 18.5. The van der Waals surface area contributed by atoms with E-state index in [0.29, 0.717) is 0 Å². The minimum absolute atomic E-state index is 0.574. The molecule has 1 N–H and O–H groups in total. The molecule has 0 bridgehead atoms. The predicted octanol–water partition coefficient (Wildman–Crippen LogP) is 3.03. The Bertz CT molecular complexity index is 748. The van der Waals surface area contributed by atoms with E-state index >= 15 is 0 Å². The number of aliphatic carboxylic acids is 1. The standard InChI is InChI=1S/C21H27N3O2/c1-16-4-5-19(14-17(16)2)20(21(25)26)24-11-3-10-23(12-13-24)15-18-6-8-22-9-7-18/h4-9,14,20H,3,10-13,15H2,1-2H3,(H,25,26)/t20-/m1/s1. The normalized spacial score (nSPS) is 17.6. The molecule has 0 amide bonds. The summed E-state index contributed by atoms with van der Waals surface area (Å²) in [5.41, 5.74) is 4.46. The molecule has 0 aliphatic carbocycles. The molecule has 5 nitrogen and oxygen atoms in total. The van der Waals surface area contributed by atoms with Crippen molar-refractivity contribution in [3.05, 3.63) is 65.0 Å². The van der Waals surface area contributed by atoms with Gasteiger partial charge in [-0.05, 0) is 61.2 Å². The summed E-state index contributed by atoms with van der Waals surface area (Å²) in [6.45, 7) is 8.40.